The molecule has 0 aliphatic carbocycles. The molecule has 17 heavy (non-hydrogen) atoms. The minimum Gasteiger partial charge on any atom is -0.380 e. The van der Waals surface area contributed by atoms with Gasteiger partial charge in [0.2, 0.25) is 5.91 Å². The summed E-state index contributed by atoms with van der Waals surface area (Å²) >= 11 is -2.41. The van der Waals surface area contributed by atoms with Crippen LogP contribution in [0.25, 0.3) is 0 Å². The molecule has 1 rings (SSSR count). The number of carbonyl (C=O) groups is 2. The summed E-state index contributed by atoms with van der Waals surface area (Å²) in [5.41, 5.74) is 0.388. The van der Waals surface area contributed by atoms with Crippen LogP contribution in [0.4, 0.5) is 5.69 Å². The number of benzene rings is 1. The first-order chi connectivity index (χ1) is 7.97. The van der Waals surface area contributed by atoms with Crippen LogP contribution in [0.1, 0.15) is 13.3 Å². The van der Waals surface area contributed by atoms with Crippen molar-refractivity contribution in [2.45, 2.75) is 13.3 Å². The molecule has 6 nitrogen and oxygen atoms in total. The molecule has 7 heteroatoms. The Morgan fingerprint density at radius 2 is 2.18 bits per heavy atom. The van der Waals surface area contributed by atoms with Crippen LogP contribution in [0.3, 0.4) is 0 Å². The molecule has 1 atom stereocenters. The van der Waals surface area contributed by atoms with Gasteiger partial charge in [-0.15, -0.1) is 0 Å². The predicted molar refractivity (Wildman–Crippen MR) is 61.8 cm³/mol. The fraction of sp³-hybridized carbons (Fsp3) is 0.200. The molecule has 0 radical (unpaired) electrons. The van der Waals surface area contributed by atoms with Crippen LogP contribution >= 0.6 is 0 Å². The number of nitrogens with one attached hydrogen (secondary N) is 1. The van der Waals surface area contributed by atoms with Crippen molar-refractivity contribution in [2.24, 2.45) is 0 Å². The molecule has 0 aliphatic heterocycles. The summed E-state index contributed by atoms with van der Waals surface area (Å²) in [4.78, 5) is 22.0. The fourth-order valence-corrected chi connectivity index (χ4v) is 1.41. The molecular weight excluding hydrogens is 246 g/mol. The third-order valence-electron chi connectivity index (χ3n) is 1.69. The van der Waals surface area contributed by atoms with Crippen LogP contribution in [0.15, 0.2) is 24.3 Å². The number of hydrogen-bond donors (Lipinski definition) is 2. The van der Waals surface area contributed by atoms with Crippen molar-refractivity contribution in [2.75, 3.05) is 5.32 Å². The SMILES string of the molecule is CC(=O)CC(=O)Nc1cccc(OS(=O)O)c1. The van der Waals surface area contributed by atoms with Crippen LogP contribution in [-0.4, -0.2) is 20.5 Å². The van der Waals surface area contributed by atoms with Gasteiger partial charge in [-0.25, -0.2) is 0 Å². The average molecular weight is 257 g/mol. The van der Waals surface area contributed by atoms with Gasteiger partial charge in [-0.05, 0) is 19.1 Å². The summed E-state index contributed by atoms with van der Waals surface area (Å²) in [5, 5.41) is 2.47. The van der Waals surface area contributed by atoms with Gasteiger partial charge >= 0.3 is 11.4 Å². The van der Waals surface area contributed by atoms with Crippen LogP contribution < -0.4 is 9.50 Å². The Labute approximate surface area is 100 Å². The van der Waals surface area contributed by atoms with E-state index in [9.17, 15) is 13.8 Å². The molecule has 1 aromatic rings. The number of hydrogen-bond acceptors (Lipinski definition) is 4. The smallest absolute Gasteiger partial charge is 0.357 e. The van der Waals surface area contributed by atoms with Crippen LogP contribution in [-0.2, 0) is 21.0 Å². The average Bonchev–Trinajstić information content (AvgIpc) is 2.14. The Balaban J connectivity index is 2.68. The molecule has 0 spiro atoms. The second-order valence-corrected chi connectivity index (χ2v) is 3.86. The van der Waals surface area contributed by atoms with Gasteiger partial charge < -0.3 is 9.50 Å². The number of amides is 1. The maximum atomic E-state index is 11.3. The summed E-state index contributed by atoms with van der Waals surface area (Å²) in [6, 6.07) is 5.97. The quantitative estimate of drug-likeness (QED) is 0.609. The lowest BCUT2D eigenvalue weighted by Crippen LogP contribution is -2.14. The standard InChI is InChI=1S/C10H11NO5S/c1-7(12)5-10(13)11-8-3-2-4-9(6-8)16-17(14)15/h2-4,6H,5H2,1H3,(H,11,13)(H,14,15). The normalized spacial score (nSPS) is 11.6. The lowest BCUT2D eigenvalue weighted by molar-refractivity contribution is -0.124. The summed E-state index contributed by atoms with van der Waals surface area (Å²) in [7, 11) is 0. The van der Waals surface area contributed by atoms with Crippen molar-refractivity contribution in [3.8, 4) is 5.75 Å². The number of ketones is 1. The number of anilines is 1. The molecule has 0 aliphatic rings. The van der Waals surface area contributed by atoms with Crippen molar-refractivity contribution in [3.63, 3.8) is 0 Å². The molecule has 92 valence electrons. The van der Waals surface area contributed by atoms with E-state index < -0.39 is 17.3 Å². The van der Waals surface area contributed by atoms with Crippen LogP contribution in [0.5, 0.6) is 5.75 Å². The number of rotatable bonds is 5. The molecule has 1 unspecified atom stereocenters. The number of carbonyl (C=O) groups excluding carboxylic acids is 2. The van der Waals surface area contributed by atoms with Gasteiger partial charge in [-0.1, -0.05) is 6.07 Å². The van der Waals surface area contributed by atoms with E-state index in [4.69, 9.17) is 4.55 Å². The third-order valence-corrected chi connectivity index (χ3v) is 2.03. The van der Waals surface area contributed by atoms with Gasteiger partial charge in [-0.2, -0.15) is 4.21 Å². The Hall–Kier alpha value is -1.73. The van der Waals surface area contributed by atoms with Gasteiger partial charge in [0, 0.05) is 11.8 Å². The Kier molecular flexibility index (Phi) is 4.80. The molecule has 1 aromatic carbocycles. The summed E-state index contributed by atoms with van der Waals surface area (Å²) in [5.74, 6) is -0.544. The van der Waals surface area contributed by atoms with Crippen molar-refractivity contribution in [1.29, 1.82) is 0 Å². The second-order valence-electron chi connectivity index (χ2n) is 3.26. The maximum absolute atomic E-state index is 11.3. The topological polar surface area (TPSA) is 92.7 Å². The lowest BCUT2D eigenvalue weighted by Gasteiger charge is -2.05. The van der Waals surface area contributed by atoms with E-state index in [2.05, 4.69) is 9.50 Å². The summed E-state index contributed by atoms with van der Waals surface area (Å²) in [6.07, 6.45) is -0.211. The lowest BCUT2D eigenvalue weighted by atomic mass is 10.2. The first-order valence-electron chi connectivity index (χ1n) is 4.66. The van der Waals surface area contributed by atoms with E-state index in [-0.39, 0.29) is 18.0 Å². The van der Waals surface area contributed by atoms with Crippen molar-refractivity contribution < 1.29 is 22.5 Å². The van der Waals surface area contributed by atoms with Crippen molar-refractivity contribution in [1.82, 2.24) is 0 Å². The maximum Gasteiger partial charge on any atom is 0.357 e. The van der Waals surface area contributed by atoms with Crippen LogP contribution in [0.2, 0.25) is 0 Å². The van der Waals surface area contributed by atoms with E-state index in [0.29, 0.717) is 5.69 Å². The van der Waals surface area contributed by atoms with Gasteiger partial charge in [-0.3, -0.25) is 14.1 Å². The highest BCUT2D eigenvalue weighted by molar-refractivity contribution is 7.74. The molecule has 0 aromatic heterocycles. The van der Waals surface area contributed by atoms with Gasteiger partial charge in [0.1, 0.15) is 11.5 Å². The molecule has 0 saturated carbocycles. The Morgan fingerprint density at radius 3 is 2.76 bits per heavy atom. The molecule has 0 bridgehead atoms. The zero-order chi connectivity index (χ0) is 12.8. The third kappa shape index (κ3) is 5.23. The molecule has 0 saturated heterocycles. The molecular formula is C10H11NO5S. The van der Waals surface area contributed by atoms with E-state index in [1.54, 1.807) is 12.1 Å². The summed E-state index contributed by atoms with van der Waals surface area (Å²) < 4.78 is 23.4. The zero-order valence-corrected chi connectivity index (χ0v) is 9.82. The highest BCUT2D eigenvalue weighted by atomic mass is 32.2. The van der Waals surface area contributed by atoms with Crippen molar-refractivity contribution in [3.05, 3.63) is 24.3 Å². The van der Waals surface area contributed by atoms with E-state index in [1.165, 1.54) is 19.1 Å². The number of Topliss-reactive ketones (excluding diaryl/α,β-unsaturated/α-hetero) is 1. The fourth-order valence-electron chi connectivity index (χ4n) is 1.14. The highest BCUT2D eigenvalue weighted by Crippen LogP contribution is 2.17. The molecule has 2 N–H and O–H groups in total. The minimum absolute atomic E-state index is 0.145. The summed E-state index contributed by atoms with van der Waals surface area (Å²) in [6.45, 7) is 1.31. The Morgan fingerprint density at radius 1 is 1.47 bits per heavy atom. The first-order valence-corrected chi connectivity index (χ1v) is 5.69. The molecule has 0 fully saturated rings. The Bertz CT molecular complexity index is 460. The predicted octanol–water partition coefficient (Wildman–Crippen LogP) is 1.12. The van der Waals surface area contributed by atoms with E-state index in [1.807, 2.05) is 0 Å². The highest BCUT2D eigenvalue weighted by Gasteiger charge is 2.06. The van der Waals surface area contributed by atoms with Gasteiger partial charge in [0.15, 0.2) is 0 Å². The van der Waals surface area contributed by atoms with Gasteiger partial charge in [0.05, 0.1) is 6.42 Å². The molecule has 0 heterocycles. The van der Waals surface area contributed by atoms with Crippen LogP contribution in [0, 0.1) is 0 Å². The molecule has 1 amide bonds. The van der Waals surface area contributed by atoms with E-state index in [0.717, 1.165) is 0 Å². The van der Waals surface area contributed by atoms with Crippen molar-refractivity contribution >= 4 is 28.7 Å². The minimum atomic E-state index is -2.41. The second kappa shape index (κ2) is 6.12. The van der Waals surface area contributed by atoms with Gasteiger partial charge in [0.25, 0.3) is 0 Å². The first kappa shape index (κ1) is 13.3. The monoisotopic (exact) mass is 257 g/mol. The largest absolute Gasteiger partial charge is 0.380 e. The van der Waals surface area contributed by atoms with E-state index >= 15 is 0 Å². The zero-order valence-electron chi connectivity index (χ0n) is 9.00.